The zero-order valence-electron chi connectivity index (χ0n) is 11.3. The third kappa shape index (κ3) is 3.22. The van der Waals surface area contributed by atoms with Crippen molar-refractivity contribution in [2.45, 2.75) is 26.7 Å². The molecule has 0 saturated carbocycles. The van der Waals surface area contributed by atoms with Gasteiger partial charge >= 0.3 is 5.97 Å². The highest BCUT2D eigenvalue weighted by atomic mass is 16.4. The zero-order chi connectivity index (χ0) is 13.8. The highest BCUT2D eigenvalue weighted by Crippen LogP contribution is 2.23. The van der Waals surface area contributed by atoms with Crippen molar-refractivity contribution in [2.75, 3.05) is 0 Å². The van der Waals surface area contributed by atoms with Crippen LogP contribution in [0.5, 0.6) is 0 Å². The third-order valence-corrected chi connectivity index (χ3v) is 3.15. The van der Waals surface area contributed by atoms with Crippen molar-refractivity contribution < 1.29 is 9.90 Å². The van der Waals surface area contributed by atoms with Gasteiger partial charge in [0, 0.05) is 0 Å². The van der Waals surface area contributed by atoms with Crippen LogP contribution in [0.4, 0.5) is 0 Å². The summed E-state index contributed by atoms with van der Waals surface area (Å²) >= 11 is 0. The highest BCUT2D eigenvalue weighted by Gasteiger charge is 2.06. The van der Waals surface area contributed by atoms with Crippen LogP contribution in [0.15, 0.2) is 42.5 Å². The summed E-state index contributed by atoms with van der Waals surface area (Å²) in [4.78, 5) is 11.1. The van der Waals surface area contributed by atoms with E-state index in [1.54, 1.807) is 12.1 Å². The van der Waals surface area contributed by atoms with Crippen LogP contribution in [0, 0.1) is 6.92 Å². The number of hydrogen-bond donors (Lipinski definition) is 1. The van der Waals surface area contributed by atoms with E-state index in [0.717, 1.165) is 29.5 Å². The Morgan fingerprint density at radius 3 is 2.32 bits per heavy atom. The zero-order valence-corrected chi connectivity index (χ0v) is 11.3. The Hall–Kier alpha value is -2.09. The quantitative estimate of drug-likeness (QED) is 0.882. The molecule has 19 heavy (non-hydrogen) atoms. The van der Waals surface area contributed by atoms with E-state index < -0.39 is 5.97 Å². The first kappa shape index (κ1) is 13.3. The standard InChI is InChI=1S/C17H18O2/c1-3-4-13-5-7-14(8-6-13)15-9-12(2)10-16(11-15)17(18)19/h5-11H,3-4H2,1-2H3,(H,18,19). The molecule has 0 fully saturated rings. The van der Waals surface area contributed by atoms with Crippen LogP contribution in [0.25, 0.3) is 11.1 Å². The number of aromatic carboxylic acids is 1. The molecule has 0 spiro atoms. The average Bonchev–Trinajstić information content (AvgIpc) is 2.39. The van der Waals surface area contributed by atoms with E-state index in [1.807, 2.05) is 13.0 Å². The molecule has 0 aliphatic rings. The molecule has 0 amide bonds. The van der Waals surface area contributed by atoms with Gasteiger partial charge in [0.2, 0.25) is 0 Å². The van der Waals surface area contributed by atoms with E-state index in [2.05, 4.69) is 31.2 Å². The molecule has 0 radical (unpaired) electrons. The summed E-state index contributed by atoms with van der Waals surface area (Å²) in [6, 6.07) is 13.8. The lowest BCUT2D eigenvalue weighted by Crippen LogP contribution is -1.97. The molecule has 2 nitrogen and oxygen atoms in total. The Labute approximate surface area is 113 Å². The van der Waals surface area contributed by atoms with Gasteiger partial charge in [-0.05, 0) is 47.7 Å². The average molecular weight is 254 g/mol. The number of benzene rings is 2. The molecule has 0 bridgehead atoms. The second kappa shape index (κ2) is 5.70. The first-order valence-corrected chi connectivity index (χ1v) is 6.54. The molecule has 2 heteroatoms. The molecule has 0 aliphatic carbocycles. The second-order valence-corrected chi connectivity index (χ2v) is 4.84. The van der Waals surface area contributed by atoms with E-state index in [9.17, 15) is 4.79 Å². The fraction of sp³-hybridized carbons (Fsp3) is 0.235. The molecule has 0 heterocycles. The van der Waals surface area contributed by atoms with Crippen LogP contribution < -0.4 is 0 Å². The molecule has 2 aromatic rings. The SMILES string of the molecule is CCCc1ccc(-c2cc(C)cc(C(=O)O)c2)cc1. The largest absolute Gasteiger partial charge is 0.478 e. The van der Waals surface area contributed by atoms with Crippen LogP contribution >= 0.6 is 0 Å². The molecule has 2 aromatic carbocycles. The van der Waals surface area contributed by atoms with Gasteiger partial charge in [-0.1, -0.05) is 43.7 Å². The maximum atomic E-state index is 11.1. The van der Waals surface area contributed by atoms with Crippen molar-refractivity contribution in [1.82, 2.24) is 0 Å². The van der Waals surface area contributed by atoms with E-state index in [-0.39, 0.29) is 0 Å². The van der Waals surface area contributed by atoms with Crippen LogP contribution in [-0.4, -0.2) is 11.1 Å². The predicted molar refractivity (Wildman–Crippen MR) is 77.6 cm³/mol. The van der Waals surface area contributed by atoms with Gasteiger partial charge in [0.05, 0.1) is 5.56 Å². The smallest absolute Gasteiger partial charge is 0.335 e. The van der Waals surface area contributed by atoms with Crippen LogP contribution in [0.1, 0.15) is 34.8 Å². The van der Waals surface area contributed by atoms with Crippen LogP contribution in [0.3, 0.4) is 0 Å². The maximum absolute atomic E-state index is 11.1. The predicted octanol–water partition coefficient (Wildman–Crippen LogP) is 4.31. The maximum Gasteiger partial charge on any atom is 0.335 e. The summed E-state index contributed by atoms with van der Waals surface area (Å²) < 4.78 is 0. The molecule has 0 atom stereocenters. The number of carboxylic acid groups (broad SMARTS) is 1. The first-order chi connectivity index (χ1) is 9.10. The fourth-order valence-electron chi connectivity index (χ4n) is 2.23. The molecular weight excluding hydrogens is 236 g/mol. The lowest BCUT2D eigenvalue weighted by atomic mass is 9.98. The van der Waals surface area contributed by atoms with Gasteiger partial charge in [-0.15, -0.1) is 0 Å². The molecule has 0 saturated heterocycles. The van der Waals surface area contributed by atoms with Gasteiger partial charge < -0.3 is 5.11 Å². The van der Waals surface area contributed by atoms with Gasteiger partial charge in [-0.2, -0.15) is 0 Å². The van der Waals surface area contributed by atoms with Gasteiger partial charge in [0.25, 0.3) is 0 Å². The Kier molecular flexibility index (Phi) is 4.00. The minimum Gasteiger partial charge on any atom is -0.478 e. The van der Waals surface area contributed by atoms with Crippen molar-refractivity contribution >= 4 is 5.97 Å². The molecule has 98 valence electrons. The van der Waals surface area contributed by atoms with Gasteiger partial charge in [0.15, 0.2) is 0 Å². The number of rotatable bonds is 4. The number of carboxylic acids is 1. The van der Waals surface area contributed by atoms with E-state index >= 15 is 0 Å². The Balaban J connectivity index is 2.38. The van der Waals surface area contributed by atoms with Crippen LogP contribution in [0.2, 0.25) is 0 Å². The molecule has 0 unspecified atom stereocenters. The lowest BCUT2D eigenvalue weighted by Gasteiger charge is -2.07. The fourth-order valence-corrected chi connectivity index (χ4v) is 2.23. The number of carbonyl (C=O) groups is 1. The number of hydrogen-bond acceptors (Lipinski definition) is 1. The minimum atomic E-state index is -0.882. The van der Waals surface area contributed by atoms with Gasteiger partial charge in [-0.25, -0.2) is 4.79 Å². The Morgan fingerprint density at radius 1 is 1.05 bits per heavy atom. The molecular formula is C17H18O2. The lowest BCUT2D eigenvalue weighted by molar-refractivity contribution is 0.0697. The highest BCUT2D eigenvalue weighted by molar-refractivity contribution is 5.89. The van der Waals surface area contributed by atoms with E-state index in [4.69, 9.17) is 5.11 Å². The molecule has 2 rings (SSSR count). The minimum absolute atomic E-state index is 0.340. The van der Waals surface area contributed by atoms with Crippen molar-refractivity contribution in [2.24, 2.45) is 0 Å². The van der Waals surface area contributed by atoms with Gasteiger partial charge in [0.1, 0.15) is 0 Å². The van der Waals surface area contributed by atoms with E-state index in [1.165, 1.54) is 5.56 Å². The first-order valence-electron chi connectivity index (χ1n) is 6.54. The Morgan fingerprint density at radius 2 is 1.74 bits per heavy atom. The Bertz CT molecular complexity index is 583. The van der Waals surface area contributed by atoms with Crippen molar-refractivity contribution in [3.63, 3.8) is 0 Å². The van der Waals surface area contributed by atoms with Crippen molar-refractivity contribution in [1.29, 1.82) is 0 Å². The van der Waals surface area contributed by atoms with Crippen LogP contribution in [-0.2, 0) is 6.42 Å². The molecule has 1 N–H and O–H groups in total. The van der Waals surface area contributed by atoms with Crippen molar-refractivity contribution in [3.8, 4) is 11.1 Å². The summed E-state index contributed by atoms with van der Waals surface area (Å²) in [7, 11) is 0. The second-order valence-electron chi connectivity index (χ2n) is 4.84. The third-order valence-electron chi connectivity index (χ3n) is 3.15. The summed E-state index contributed by atoms with van der Waals surface area (Å²) in [5, 5.41) is 9.09. The topological polar surface area (TPSA) is 37.3 Å². The normalized spacial score (nSPS) is 10.4. The monoisotopic (exact) mass is 254 g/mol. The van der Waals surface area contributed by atoms with Gasteiger partial charge in [-0.3, -0.25) is 0 Å². The summed E-state index contributed by atoms with van der Waals surface area (Å²) in [5.41, 5.74) is 4.64. The summed E-state index contributed by atoms with van der Waals surface area (Å²) in [6.45, 7) is 4.08. The summed E-state index contributed by atoms with van der Waals surface area (Å²) in [6.07, 6.45) is 2.21. The molecule has 0 aliphatic heterocycles. The van der Waals surface area contributed by atoms with E-state index in [0.29, 0.717) is 5.56 Å². The number of aryl methyl sites for hydroxylation is 2. The molecule has 0 aromatic heterocycles. The summed E-state index contributed by atoms with van der Waals surface area (Å²) in [5.74, 6) is -0.882. The van der Waals surface area contributed by atoms with Crippen molar-refractivity contribution in [3.05, 3.63) is 59.2 Å².